The van der Waals surface area contributed by atoms with Gasteiger partial charge in [-0.15, -0.1) is 5.10 Å². The van der Waals surface area contributed by atoms with Gasteiger partial charge in [0.25, 0.3) is 0 Å². The summed E-state index contributed by atoms with van der Waals surface area (Å²) in [5.41, 5.74) is 1.27. The van der Waals surface area contributed by atoms with Gasteiger partial charge in [0.2, 0.25) is 21.1 Å². The Bertz CT molecular complexity index is 1050. The number of hydrogen-bond acceptors (Lipinski definition) is 7. The van der Waals surface area contributed by atoms with E-state index in [0.29, 0.717) is 17.3 Å². The van der Waals surface area contributed by atoms with Gasteiger partial charge < -0.3 is 5.32 Å². The monoisotopic (exact) mass is 418 g/mol. The van der Waals surface area contributed by atoms with Crippen LogP contribution in [0.1, 0.15) is 13.3 Å². The largest absolute Gasteiger partial charge is 0.325 e. The van der Waals surface area contributed by atoms with Gasteiger partial charge in [0.05, 0.1) is 15.8 Å². The van der Waals surface area contributed by atoms with Gasteiger partial charge in [-0.2, -0.15) is 4.68 Å². The quantitative estimate of drug-likeness (QED) is 0.559. The predicted molar refractivity (Wildman–Crippen MR) is 106 cm³/mol. The van der Waals surface area contributed by atoms with Gasteiger partial charge in [0.15, 0.2) is 0 Å². The number of benzene rings is 2. The maximum Gasteiger partial charge on any atom is 0.238 e. The summed E-state index contributed by atoms with van der Waals surface area (Å²) >= 11 is 1.25. The molecule has 146 valence electrons. The number of nitrogens with two attached hydrogens (primary N) is 1. The van der Waals surface area contributed by atoms with Gasteiger partial charge in [-0.1, -0.05) is 36.9 Å². The minimum Gasteiger partial charge on any atom is -0.325 e. The number of anilines is 1. The molecule has 0 radical (unpaired) electrons. The van der Waals surface area contributed by atoms with Crippen LogP contribution in [0.5, 0.6) is 0 Å². The highest BCUT2D eigenvalue weighted by molar-refractivity contribution is 8.00. The number of hydrogen-bond donors (Lipinski definition) is 2. The molecule has 11 heteroatoms. The van der Waals surface area contributed by atoms with Crippen molar-refractivity contribution in [1.29, 1.82) is 0 Å². The third-order valence-corrected chi connectivity index (χ3v) is 6.03. The van der Waals surface area contributed by atoms with Crippen LogP contribution in [0.2, 0.25) is 0 Å². The van der Waals surface area contributed by atoms with Crippen molar-refractivity contribution >= 4 is 33.4 Å². The van der Waals surface area contributed by atoms with Crippen LogP contribution < -0.4 is 10.5 Å². The number of nitrogens with one attached hydrogen (secondary N) is 1. The maximum atomic E-state index is 12.6. The molecule has 0 spiro atoms. The van der Waals surface area contributed by atoms with Gasteiger partial charge in [0, 0.05) is 5.69 Å². The van der Waals surface area contributed by atoms with E-state index < -0.39 is 15.3 Å². The fourth-order valence-electron chi connectivity index (χ4n) is 2.38. The van der Waals surface area contributed by atoms with E-state index in [9.17, 15) is 13.2 Å². The van der Waals surface area contributed by atoms with E-state index in [1.807, 2.05) is 37.3 Å². The van der Waals surface area contributed by atoms with Gasteiger partial charge in [0.1, 0.15) is 0 Å². The molecule has 3 aromatic rings. The molecule has 0 saturated carbocycles. The first kappa shape index (κ1) is 20.0. The van der Waals surface area contributed by atoms with E-state index in [0.717, 1.165) is 5.69 Å². The summed E-state index contributed by atoms with van der Waals surface area (Å²) in [6.45, 7) is 1.89. The van der Waals surface area contributed by atoms with Crippen LogP contribution in [0.3, 0.4) is 0 Å². The zero-order chi connectivity index (χ0) is 20.1. The number of thioether (sulfide) groups is 1. The van der Waals surface area contributed by atoms with Gasteiger partial charge in [-0.25, -0.2) is 13.6 Å². The van der Waals surface area contributed by atoms with Crippen molar-refractivity contribution in [3.63, 3.8) is 0 Å². The summed E-state index contributed by atoms with van der Waals surface area (Å²) in [5.74, 6) is -0.238. The smallest absolute Gasteiger partial charge is 0.238 e. The highest BCUT2D eigenvalue weighted by Crippen LogP contribution is 2.26. The molecule has 0 aliphatic rings. The molecule has 0 fully saturated rings. The Morgan fingerprint density at radius 3 is 2.46 bits per heavy atom. The molecule has 0 aliphatic carbocycles. The number of carbonyl (C=O) groups excluding carboxylic acids is 1. The number of sulfonamides is 1. The van der Waals surface area contributed by atoms with E-state index in [2.05, 4.69) is 20.8 Å². The lowest BCUT2D eigenvalue weighted by Crippen LogP contribution is -2.25. The Morgan fingerprint density at radius 1 is 1.18 bits per heavy atom. The average Bonchev–Trinajstić information content (AvgIpc) is 3.14. The molecular weight excluding hydrogens is 400 g/mol. The van der Waals surface area contributed by atoms with Crippen LogP contribution in [-0.2, 0) is 14.8 Å². The lowest BCUT2D eigenvalue weighted by atomic mass is 10.3. The van der Waals surface area contributed by atoms with Gasteiger partial charge in [-0.3, -0.25) is 4.79 Å². The second kappa shape index (κ2) is 8.50. The molecule has 0 unspecified atom stereocenters. The number of rotatable bonds is 7. The van der Waals surface area contributed by atoms with Crippen molar-refractivity contribution in [1.82, 2.24) is 20.2 Å². The highest BCUT2D eigenvalue weighted by Gasteiger charge is 2.22. The summed E-state index contributed by atoms with van der Waals surface area (Å²) in [6, 6.07) is 15.0. The van der Waals surface area contributed by atoms with Crippen molar-refractivity contribution in [2.45, 2.75) is 28.6 Å². The molecule has 3 N–H and O–H groups in total. The normalized spacial score (nSPS) is 12.5. The minimum absolute atomic E-state index is 0.0195. The van der Waals surface area contributed by atoms with Crippen molar-refractivity contribution in [2.24, 2.45) is 5.14 Å². The van der Waals surface area contributed by atoms with Crippen LogP contribution in [0.4, 0.5) is 5.69 Å². The Labute approximate surface area is 166 Å². The Morgan fingerprint density at radius 2 is 1.86 bits per heavy atom. The molecule has 9 nitrogen and oxygen atoms in total. The molecule has 1 aromatic heterocycles. The number of primary sulfonamides is 1. The second-order valence-electron chi connectivity index (χ2n) is 5.78. The summed E-state index contributed by atoms with van der Waals surface area (Å²) in [4.78, 5) is 12.6. The molecule has 1 amide bonds. The van der Waals surface area contributed by atoms with E-state index >= 15 is 0 Å². The minimum atomic E-state index is -3.78. The zero-order valence-corrected chi connectivity index (χ0v) is 16.5. The van der Waals surface area contributed by atoms with Crippen molar-refractivity contribution < 1.29 is 13.2 Å². The molecule has 28 heavy (non-hydrogen) atoms. The van der Waals surface area contributed by atoms with Crippen molar-refractivity contribution in [2.75, 3.05) is 5.32 Å². The van der Waals surface area contributed by atoms with E-state index in [1.165, 1.54) is 36.0 Å². The van der Waals surface area contributed by atoms with Crippen molar-refractivity contribution in [3.8, 4) is 5.69 Å². The molecule has 0 aliphatic heterocycles. The predicted octanol–water partition coefficient (Wildman–Crippen LogP) is 1.82. The van der Waals surface area contributed by atoms with E-state index in [-0.39, 0.29) is 10.8 Å². The molecule has 0 bridgehead atoms. The number of aromatic nitrogens is 4. The number of tetrazole rings is 1. The fraction of sp³-hybridized carbons (Fsp3) is 0.176. The topological polar surface area (TPSA) is 133 Å². The molecular formula is C17H18N6O3S2. The Hall–Kier alpha value is -2.76. The number of para-hydroxylation sites is 1. The van der Waals surface area contributed by atoms with Gasteiger partial charge in [-0.05, 0) is 53.2 Å². The van der Waals surface area contributed by atoms with Crippen LogP contribution in [0.25, 0.3) is 5.69 Å². The first-order valence-electron chi connectivity index (χ1n) is 8.32. The summed E-state index contributed by atoms with van der Waals surface area (Å²) in [7, 11) is -3.78. The maximum absolute atomic E-state index is 12.6. The lowest BCUT2D eigenvalue weighted by Gasteiger charge is -2.14. The first-order chi connectivity index (χ1) is 13.4. The molecule has 2 aromatic carbocycles. The lowest BCUT2D eigenvalue weighted by molar-refractivity contribution is -0.115. The first-order valence-corrected chi connectivity index (χ1v) is 10.7. The Balaban J connectivity index is 1.72. The second-order valence-corrected chi connectivity index (χ2v) is 8.51. The third-order valence-electron chi connectivity index (χ3n) is 3.80. The number of nitrogens with zero attached hydrogens (tertiary/aromatic N) is 4. The van der Waals surface area contributed by atoms with Crippen LogP contribution in [0, 0.1) is 0 Å². The molecule has 0 saturated heterocycles. The van der Waals surface area contributed by atoms with Crippen LogP contribution >= 0.6 is 11.8 Å². The summed E-state index contributed by atoms with van der Waals surface area (Å²) in [6.07, 6.45) is 0.549. The Kier molecular flexibility index (Phi) is 6.07. The van der Waals surface area contributed by atoms with Crippen LogP contribution in [0.15, 0.2) is 64.6 Å². The fourth-order valence-corrected chi connectivity index (χ4v) is 3.81. The SMILES string of the molecule is CC[C@H](Sc1nnnn1-c1ccccc1)C(=O)Nc1ccc(S(N)(=O)=O)cc1. The number of amides is 1. The highest BCUT2D eigenvalue weighted by atomic mass is 32.2. The molecule has 1 heterocycles. The average molecular weight is 419 g/mol. The molecule has 3 rings (SSSR count). The third kappa shape index (κ3) is 4.74. The standard InChI is InChI=1S/C17H18N6O3S2/c1-2-15(16(24)19-12-8-10-14(11-9-12)28(18,25)26)27-17-20-21-22-23(17)13-6-4-3-5-7-13/h3-11,15H,2H2,1H3,(H,19,24)(H2,18,25,26)/t15-/m0/s1. The van der Waals surface area contributed by atoms with Gasteiger partial charge >= 0.3 is 0 Å². The van der Waals surface area contributed by atoms with E-state index in [4.69, 9.17) is 5.14 Å². The zero-order valence-electron chi connectivity index (χ0n) is 14.9. The summed E-state index contributed by atoms with van der Waals surface area (Å²) in [5, 5.41) is 19.6. The molecule has 1 atom stereocenters. The van der Waals surface area contributed by atoms with E-state index in [1.54, 1.807) is 4.68 Å². The number of carbonyl (C=O) groups is 1. The van der Waals surface area contributed by atoms with Crippen LogP contribution in [-0.4, -0.2) is 39.8 Å². The van der Waals surface area contributed by atoms with Crippen molar-refractivity contribution in [3.05, 3.63) is 54.6 Å². The summed E-state index contributed by atoms with van der Waals surface area (Å²) < 4.78 is 24.2.